The van der Waals surface area contributed by atoms with Crippen molar-refractivity contribution in [1.82, 2.24) is 31.8 Å². The van der Waals surface area contributed by atoms with Gasteiger partial charge in [-0.05, 0) is 26.7 Å². The number of carbonyl (C=O) groups excluding carboxylic acids is 6. The summed E-state index contributed by atoms with van der Waals surface area (Å²) in [5, 5.41) is 28.0. The highest BCUT2D eigenvalue weighted by Crippen LogP contribution is 2.14. The van der Waals surface area contributed by atoms with Crippen molar-refractivity contribution in [2.24, 2.45) is 5.41 Å². The van der Waals surface area contributed by atoms with E-state index >= 15 is 0 Å². The van der Waals surface area contributed by atoms with E-state index in [1.54, 1.807) is 0 Å². The van der Waals surface area contributed by atoms with Gasteiger partial charge in [0.25, 0.3) is 0 Å². The lowest BCUT2D eigenvalue weighted by Gasteiger charge is -2.22. The van der Waals surface area contributed by atoms with Crippen molar-refractivity contribution in [3.63, 3.8) is 0 Å². The zero-order chi connectivity index (χ0) is 26.1. The third-order valence-corrected chi connectivity index (χ3v) is 4.69. The predicted octanol–water partition coefficient (Wildman–Crippen LogP) is -1.83. The molecule has 0 aliphatic rings. The SMILES string of the molecule is CN(O)C(=O)CCCC(=O)NCCNC(=O)C(C)(C)C(=O)NCCNC(=O)CCCC(=O)NO. The Morgan fingerprint density at radius 3 is 1.47 bits per heavy atom. The van der Waals surface area contributed by atoms with Gasteiger partial charge in [0.1, 0.15) is 5.41 Å². The summed E-state index contributed by atoms with van der Waals surface area (Å²) in [4.78, 5) is 70.1. The van der Waals surface area contributed by atoms with E-state index in [2.05, 4.69) is 21.3 Å². The van der Waals surface area contributed by atoms with Crippen LogP contribution in [0, 0.1) is 5.41 Å². The summed E-state index contributed by atoms with van der Waals surface area (Å²) in [6.45, 7) is 3.36. The Kier molecular flexibility index (Phi) is 14.8. The van der Waals surface area contributed by atoms with Crippen molar-refractivity contribution in [2.75, 3.05) is 33.2 Å². The smallest absolute Gasteiger partial charge is 0.245 e. The standard InChI is InChI=1S/C20H36N6O8/c1-20(2,18(31)23-12-10-21-14(27)6-4-8-16(29)25-33)19(32)24-13-11-22-15(28)7-5-9-17(30)26(3)34/h33-34H,4-13H2,1-3H3,(H,21,27)(H,22,28)(H,23,31)(H,24,32)(H,25,29). The van der Waals surface area contributed by atoms with E-state index in [9.17, 15) is 28.8 Å². The van der Waals surface area contributed by atoms with Gasteiger partial charge in [-0.2, -0.15) is 0 Å². The maximum Gasteiger partial charge on any atom is 0.245 e. The predicted molar refractivity (Wildman–Crippen MR) is 118 cm³/mol. The fourth-order valence-corrected chi connectivity index (χ4v) is 2.51. The number of hydrogen-bond acceptors (Lipinski definition) is 8. The molecule has 6 amide bonds. The molecule has 0 radical (unpaired) electrons. The first-order valence-electron chi connectivity index (χ1n) is 10.9. The van der Waals surface area contributed by atoms with Gasteiger partial charge in [-0.25, -0.2) is 10.5 Å². The topological polar surface area (TPSA) is 206 Å². The molecule has 0 heterocycles. The van der Waals surface area contributed by atoms with Gasteiger partial charge in [-0.1, -0.05) is 0 Å². The van der Waals surface area contributed by atoms with Gasteiger partial charge in [0.2, 0.25) is 35.4 Å². The molecule has 0 saturated heterocycles. The number of hydroxylamine groups is 3. The largest absolute Gasteiger partial charge is 0.354 e. The lowest BCUT2D eigenvalue weighted by molar-refractivity contribution is -0.159. The molecule has 0 aromatic carbocycles. The molecule has 0 bridgehead atoms. The number of carbonyl (C=O) groups is 6. The summed E-state index contributed by atoms with van der Waals surface area (Å²) in [5.41, 5.74) is 0.0868. The molecule has 0 spiro atoms. The molecule has 0 rings (SSSR count). The van der Waals surface area contributed by atoms with E-state index in [1.165, 1.54) is 26.4 Å². The van der Waals surface area contributed by atoms with Gasteiger partial charge in [0, 0.05) is 58.9 Å². The molecule has 0 aliphatic heterocycles. The lowest BCUT2D eigenvalue weighted by Crippen LogP contribution is -2.50. The summed E-state index contributed by atoms with van der Waals surface area (Å²) in [5.74, 6) is -2.77. The highest BCUT2D eigenvalue weighted by atomic mass is 16.5. The number of nitrogens with one attached hydrogen (secondary N) is 5. The number of hydrogen-bond donors (Lipinski definition) is 7. The van der Waals surface area contributed by atoms with Gasteiger partial charge in [0.15, 0.2) is 0 Å². The van der Waals surface area contributed by atoms with Crippen molar-refractivity contribution < 1.29 is 39.2 Å². The number of rotatable bonds is 16. The van der Waals surface area contributed by atoms with E-state index in [-0.39, 0.29) is 76.5 Å². The highest BCUT2D eigenvalue weighted by molar-refractivity contribution is 6.04. The minimum atomic E-state index is -1.39. The Balaban J connectivity index is 4.06. The second-order valence-corrected chi connectivity index (χ2v) is 8.00. The summed E-state index contributed by atoms with van der Waals surface area (Å²) in [6, 6.07) is 0. The summed E-state index contributed by atoms with van der Waals surface area (Å²) < 4.78 is 0. The van der Waals surface area contributed by atoms with E-state index in [0.29, 0.717) is 5.06 Å². The van der Waals surface area contributed by atoms with Crippen LogP contribution >= 0.6 is 0 Å². The maximum absolute atomic E-state index is 12.3. The second-order valence-electron chi connectivity index (χ2n) is 8.00. The summed E-state index contributed by atoms with van der Waals surface area (Å²) in [7, 11) is 1.21. The molecule has 0 unspecified atom stereocenters. The normalized spacial score (nSPS) is 10.6. The van der Waals surface area contributed by atoms with Gasteiger partial charge in [-0.15, -0.1) is 0 Å². The van der Waals surface area contributed by atoms with Gasteiger partial charge in [0.05, 0.1) is 0 Å². The first kappa shape index (κ1) is 30.7. The van der Waals surface area contributed by atoms with E-state index in [4.69, 9.17) is 10.4 Å². The molecular weight excluding hydrogens is 452 g/mol. The molecule has 0 saturated carbocycles. The minimum Gasteiger partial charge on any atom is -0.354 e. The molecular formula is C20H36N6O8. The molecule has 0 atom stereocenters. The van der Waals surface area contributed by atoms with Crippen molar-refractivity contribution in [2.45, 2.75) is 52.4 Å². The number of nitrogens with zero attached hydrogens (tertiary/aromatic N) is 1. The monoisotopic (exact) mass is 488 g/mol. The van der Waals surface area contributed by atoms with Crippen LogP contribution in [0.5, 0.6) is 0 Å². The van der Waals surface area contributed by atoms with Gasteiger partial charge < -0.3 is 21.3 Å². The quantitative estimate of drug-likeness (QED) is 0.0568. The van der Waals surface area contributed by atoms with Crippen LogP contribution < -0.4 is 26.7 Å². The van der Waals surface area contributed by atoms with E-state index < -0.39 is 29.0 Å². The van der Waals surface area contributed by atoms with Crippen molar-refractivity contribution >= 4 is 35.4 Å². The average molecular weight is 489 g/mol. The van der Waals surface area contributed by atoms with Crippen LogP contribution in [0.4, 0.5) is 0 Å². The van der Waals surface area contributed by atoms with Crippen LogP contribution in [0.25, 0.3) is 0 Å². The van der Waals surface area contributed by atoms with Crippen LogP contribution in [0.1, 0.15) is 52.4 Å². The zero-order valence-electron chi connectivity index (χ0n) is 19.9. The molecule has 14 heteroatoms. The number of amides is 6. The summed E-state index contributed by atoms with van der Waals surface area (Å²) >= 11 is 0. The molecule has 34 heavy (non-hydrogen) atoms. The second kappa shape index (κ2) is 16.4. The Bertz CT molecular complexity index is 726. The van der Waals surface area contributed by atoms with Crippen molar-refractivity contribution in [3.8, 4) is 0 Å². The molecule has 0 aliphatic carbocycles. The highest BCUT2D eigenvalue weighted by Gasteiger charge is 2.35. The first-order chi connectivity index (χ1) is 15.9. The van der Waals surface area contributed by atoms with Gasteiger partial charge in [-0.3, -0.25) is 39.2 Å². The molecule has 0 aromatic rings. The first-order valence-corrected chi connectivity index (χ1v) is 10.9. The zero-order valence-corrected chi connectivity index (χ0v) is 19.9. The van der Waals surface area contributed by atoms with Crippen LogP contribution in [0.15, 0.2) is 0 Å². The Morgan fingerprint density at radius 1 is 0.676 bits per heavy atom. The van der Waals surface area contributed by atoms with Crippen molar-refractivity contribution in [1.29, 1.82) is 0 Å². The van der Waals surface area contributed by atoms with E-state index in [1.807, 2.05) is 0 Å². The Morgan fingerprint density at radius 2 is 1.06 bits per heavy atom. The molecule has 14 nitrogen and oxygen atoms in total. The third kappa shape index (κ3) is 13.3. The lowest BCUT2D eigenvalue weighted by atomic mass is 9.91. The Hall–Kier alpha value is -3.26. The molecule has 0 fully saturated rings. The van der Waals surface area contributed by atoms with Crippen LogP contribution in [0.2, 0.25) is 0 Å². The van der Waals surface area contributed by atoms with E-state index in [0.717, 1.165) is 0 Å². The average Bonchev–Trinajstić information content (AvgIpc) is 2.78. The fourth-order valence-electron chi connectivity index (χ4n) is 2.51. The maximum atomic E-state index is 12.3. The Labute approximate surface area is 198 Å². The molecule has 194 valence electrons. The summed E-state index contributed by atoms with van der Waals surface area (Å²) in [6.07, 6.45) is 0.764. The molecule has 7 N–H and O–H groups in total. The van der Waals surface area contributed by atoms with Crippen LogP contribution in [0.3, 0.4) is 0 Å². The fraction of sp³-hybridized carbons (Fsp3) is 0.700. The third-order valence-electron chi connectivity index (χ3n) is 4.69. The minimum absolute atomic E-state index is 0.0110. The molecule has 0 aromatic heterocycles. The van der Waals surface area contributed by atoms with Crippen LogP contribution in [-0.4, -0.2) is 84.1 Å². The van der Waals surface area contributed by atoms with Crippen LogP contribution in [-0.2, 0) is 28.8 Å². The van der Waals surface area contributed by atoms with Crippen molar-refractivity contribution in [3.05, 3.63) is 0 Å². The van der Waals surface area contributed by atoms with Gasteiger partial charge >= 0.3 is 0 Å².